The highest BCUT2D eigenvalue weighted by Gasteiger charge is 2.27. The number of hydrogen-bond donors (Lipinski definition) is 0. The highest BCUT2D eigenvalue weighted by atomic mass is 35.5. The van der Waals surface area contributed by atoms with Gasteiger partial charge in [0.05, 0.1) is 19.3 Å². The molecule has 0 N–H and O–H groups in total. The minimum atomic E-state index is -0.190. The van der Waals surface area contributed by atoms with Gasteiger partial charge in [0.2, 0.25) is 0 Å². The second-order valence-corrected chi connectivity index (χ2v) is 7.09. The molecule has 1 atom stereocenters. The van der Waals surface area contributed by atoms with E-state index in [0.29, 0.717) is 41.1 Å². The standard InChI is InChI=1S/C18H15ClN4O2S/c19-13-3-1-2-12(8-13)16-10-23(6-7-25-16)18(24)15-11-26-17(22-15)14-9-20-4-5-21-14/h1-5,8-9,11,16H,6-7,10H2. The minimum absolute atomic E-state index is 0.105. The third kappa shape index (κ3) is 3.60. The van der Waals surface area contributed by atoms with Crippen LogP contribution in [-0.4, -0.2) is 45.5 Å². The van der Waals surface area contributed by atoms with E-state index >= 15 is 0 Å². The first kappa shape index (κ1) is 17.1. The van der Waals surface area contributed by atoms with Gasteiger partial charge in [-0.15, -0.1) is 11.3 Å². The molecule has 0 bridgehead atoms. The van der Waals surface area contributed by atoms with E-state index in [1.165, 1.54) is 11.3 Å². The number of carbonyl (C=O) groups excluding carboxylic acids is 1. The molecule has 0 radical (unpaired) electrons. The molecule has 8 heteroatoms. The lowest BCUT2D eigenvalue weighted by Gasteiger charge is -2.32. The third-order valence-electron chi connectivity index (χ3n) is 4.08. The van der Waals surface area contributed by atoms with Gasteiger partial charge in [-0.2, -0.15) is 0 Å². The molecule has 132 valence electrons. The molecular formula is C18H15ClN4O2S. The Balaban J connectivity index is 1.50. The molecule has 26 heavy (non-hydrogen) atoms. The van der Waals surface area contributed by atoms with Gasteiger partial charge in [-0.05, 0) is 17.7 Å². The number of thiazole rings is 1. The normalized spacial score (nSPS) is 17.3. The van der Waals surface area contributed by atoms with Crippen LogP contribution in [0.3, 0.4) is 0 Å². The van der Waals surface area contributed by atoms with Crippen molar-refractivity contribution < 1.29 is 9.53 Å². The molecule has 3 aromatic rings. The first-order chi connectivity index (χ1) is 12.7. The molecule has 1 aliphatic heterocycles. The average molecular weight is 387 g/mol. The fourth-order valence-corrected chi connectivity index (χ4v) is 3.76. The zero-order valence-electron chi connectivity index (χ0n) is 13.7. The first-order valence-electron chi connectivity index (χ1n) is 8.09. The summed E-state index contributed by atoms with van der Waals surface area (Å²) in [6, 6.07) is 7.53. The second kappa shape index (κ2) is 7.49. The monoisotopic (exact) mass is 386 g/mol. The Kier molecular flexibility index (Phi) is 4.92. The molecule has 6 nitrogen and oxygen atoms in total. The van der Waals surface area contributed by atoms with Crippen LogP contribution in [0.2, 0.25) is 5.02 Å². The number of halogens is 1. The summed E-state index contributed by atoms with van der Waals surface area (Å²) in [4.78, 5) is 27.3. The molecule has 4 rings (SSSR count). The Labute approximate surface area is 159 Å². The molecule has 2 aromatic heterocycles. The minimum Gasteiger partial charge on any atom is -0.370 e. The highest BCUT2D eigenvalue weighted by molar-refractivity contribution is 7.13. The lowest BCUT2D eigenvalue weighted by molar-refractivity contribution is -0.0229. The van der Waals surface area contributed by atoms with E-state index in [9.17, 15) is 4.79 Å². The van der Waals surface area contributed by atoms with Crippen LogP contribution in [0, 0.1) is 0 Å². The Morgan fingerprint density at radius 1 is 1.35 bits per heavy atom. The van der Waals surface area contributed by atoms with Gasteiger partial charge >= 0.3 is 0 Å². The maximum absolute atomic E-state index is 12.8. The maximum Gasteiger partial charge on any atom is 0.273 e. The van der Waals surface area contributed by atoms with Crippen molar-refractivity contribution in [1.29, 1.82) is 0 Å². The molecule has 1 fully saturated rings. The van der Waals surface area contributed by atoms with E-state index in [-0.39, 0.29) is 12.0 Å². The summed E-state index contributed by atoms with van der Waals surface area (Å²) >= 11 is 7.45. The fraction of sp³-hybridized carbons (Fsp3) is 0.222. The van der Waals surface area contributed by atoms with Crippen molar-refractivity contribution in [3.05, 3.63) is 64.5 Å². The van der Waals surface area contributed by atoms with Crippen LogP contribution in [0.25, 0.3) is 10.7 Å². The molecule has 1 aromatic carbocycles. The molecule has 1 unspecified atom stereocenters. The van der Waals surface area contributed by atoms with E-state index in [4.69, 9.17) is 16.3 Å². The Morgan fingerprint density at radius 2 is 2.27 bits per heavy atom. The molecule has 0 aliphatic carbocycles. The molecule has 1 aliphatic rings. The number of benzene rings is 1. The summed E-state index contributed by atoms with van der Waals surface area (Å²) in [7, 11) is 0. The highest BCUT2D eigenvalue weighted by Crippen LogP contribution is 2.26. The van der Waals surface area contributed by atoms with Gasteiger partial charge in [-0.1, -0.05) is 23.7 Å². The molecular weight excluding hydrogens is 372 g/mol. The van der Waals surface area contributed by atoms with Crippen molar-refractivity contribution in [1.82, 2.24) is 19.9 Å². The molecule has 0 spiro atoms. The van der Waals surface area contributed by atoms with Crippen molar-refractivity contribution in [3.63, 3.8) is 0 Å². The number of nitrogens with zero attached hydrogens (tertiary/aromatic N) is 4. The van der Waals surface area contributed by atoms with Gasteiger partial charge < -0.3 is 9.64 Å². The smallest absolute Gasteiger partial charge is 0.273 e. The van der Waals surface area contributed by atoms with Gasteiger partial charge in [0.1, 0.15) is 22.5 Å². The van der Waals surface area contributed by atoms with E-state index in [1.54, 1.807) is 28.9 Å². The predicted octanol–water partition coefficient (Wildman–Crippen LogP) is 3.47. The average Bonchev–Trinajstić information content (AvgIpc) is 3.18. The SMILES string of the molecule is O=C(c1csc(-c2cnccn2)n1)N1CCOC(c2cccc(Cl)c2)C1. The number of hydrogen-bond acceptors (Lipinski definition) is 6. The van der Waals surface area contributed by atoms with E-state index in [0.717, 1.165) is 5.56 Å². The van der Waals surface area contributed by atoms with Crippen LogP contribution in [0.5, 0.6) is 0 Å². The topological polar surface area (TPSA) is 68.2 Å². The van der Waals surface area contributed by atoms with Gasteiger partial charge in [0.15, 0.2) is 0 Å². The van der Waals surface area contributed by atoms with Crippen molar-refractivity contribution in [2.45, 2.75) is 6.10 Å². The summed E-state index contributed by atoms with van der Waals surface area (Å²) < 4.78 is 5.82. The van der Waals surface area contributed by atoms with Gasteiger partial charge in [-0.25, -0.2) is 4.98 Å². The second-order valence-electron chi connectivity index (χ2n) is 5.79. The Bertz CT molecular complexity index is 918. The number of amides is 1. The summed E-state index contributed by atoms with van der Waals surface area (Å²) in [6.07, 6.45) is 4.66. The summed E-state index contributed by atoms with van der Waals surface area (Å²) in [5.41, 5.74) is 2.05. The Hall–Kier alpha value is -2.35. The maximum atomic E-state index is 12.8. The fourth-order valence-electron chi connectivity index (χ4n) is 2.80. The molecule has 3 heterocycles. The van der Waals surface area contributed by atoms with Crippen LogP contribution in [0.15, 0.2) is 48.2 Å². The number of morpholine rings is 1. The largest absolute Gasteiger partial charge is 0.370 e. The van der Waals surface area contributed by atoms with Gasteiger partial charge in [-0.3, -0.25) is 14.8 Å². The van der Waals surface area contributed by atoms with Crippen molar-refractivity contribution in [2.24, 2.45) is 0 Å². The lowest BCUT2D eigenvalue weighted by atomic mass is 10.1. The van der Waals surface area contributed by atoms with Crippen LogP contribution >= 0.6 is 22.9 Å². The zero-order chi connectivity index (χ0) is 17.9. The van der Waals surface area contributed by atoms with E-state index < -0.39 is 0 Å². The summed E-state index contributed by atoms with van der Waals surface area (Å²) in [5, 5.41) is 3.10. The number of carbonyl (C=O) groups is 1. The van der Waals surface area contributed by atoms with Crippen LogP contribution in [0.1, 0.15) is 22.2 Å². The third-order valence-corrected chi connectivity index (χ3v) is 5.18. The van der Waals surface area contributed by atoms with Gasteiger partial charge in [0.25, 0.3) is 5.91 Å². The number of rotatable bonds is 3. The predicted molar refractivity (Wildman–Crippen MR) is 99.2 cm³/mol. The summed E-state index contributed by atoms with van der Waals surface area (Å²) in [6.45, 7) is 1.48. The molecule has 1 amide bonds. The van der Waals surface area contributed by atoms with Crippen LogP contribution in [-0.2, 0) is 4.74 Å². The quantitative estimate of drug-likeness (QED) is 0.689. The summed E-state index contributed by atoms with van der Waals surface area (Å²) in [5.74, 6) is -0.105. The van der Waals surface area contributed by atoms with Crippen LogP contribution < -0.4 is 0 Å². The number of ether oxygens (including phenoxy) is 1. The molecule has 0 saturated carbocycles. The Morgan fingerprint density at radius 3 is 3.08 bits per heavy atom. The van der Waals surface area contributed by atoms with E-state index in [2.05, 4.69) is 15.0 Å². The zero-order valence-corrected chi connectivity index (χ0v) is 15.3. The lowest BCUT2D eigenvalue weighted by Crippen LogP contribution is -2.42. The van der Waals surface area contributed by atoms with Crippen molar-refractivity contribution in [3.8, 4) is 10.7 Å². The van der Waals surface area contributed by atoms with Crippen molar-refractivity contribution >= 4 is 28.8 Å². The number of aromatic nitrogens is 3. The van der Waals surface area contributed by atoms with E-state index in [1.807, 2.05) is 24.3 Å². The first-order valence-corrected chi connectivity index (χ1v) is 9.35. The van der Waals surface area contributed by atoms with Crippen LogP contribution in [0.4, 0.5) is 0 Å². The molecule has 1 saturated heterocycles. The van der Waals surface area contributed by atoms with Gasteiger partial charge in [0, 0.05) is 29.3 Å². The van der Waals surface area contributed by atoms with Crippen molar-refractivity contribution in [2.75, 3.05) is 19.7 Å².